The molecule has 1 heterocycles. The molecule has 0 spiro atoms. The summed E-state index contributed by atoms with van der Waals surface area (Å²) >= 11 is 0. The molecule has 0 aliphatic carbocycles. The van der Waals surface area contributed by atoms with E-state index in [1.807, 2.05) is 0 Å². The van der Waals surface area contributed by atoms with Crippen molar-refractivity contribution < 1.29 is 18.3 Å². The van der Waals surface area contributed by atoms with Crippen molar-refractivity contribution >= 4 is 5.97 Å². The van der Waals surface area contributed by atoms with Crippen molar-refractivity contribution in [3.63, 3.8) is 0 Å². The normalized spacial score (nSPS) is 30.1. The minimum atomic E-state index is -2.87. The van der Waals surface area contributed by atoms with Gasteiger partial charge in [-0.25, -0.2) is 8.78 Å². The molecule has 76 valence electrons. The van der Waals surface area contributed by atoms with Crippen molar-refractivity contribution in [2.45, 2.75) is 25.8 Å². The first kappa shape index (κ1) is 10.4. The third-order valence-electron chi connectivity index (χ3n) is 2.63. The van der Waals surface area contributed by atoms with E-state index in [4.69, 9.17) is 0 Å². The molecule has 0 aromatic carbocycles. The second-order valence-electron chi connectivity index (χ2n) is 3.76. The topological polar surface area (TPSA) is 38.3 Å². The Bertz CT molecular complexity index is 228. The third kappa shape index (κ3) is 1.41. The average Bonchev–Trinajstić information content (AvgIpc) is 2.22. The molecule has 3 nitrogen and oxygen atoms in total. The molecule has 0 unspecified atom stereocenters. The number of ether oxygens (including phenoxy) is 1. The van der Waals surface area contributed by atoms with Gasteiger partial charge in [0.05, 0.1) is 19.1 Å². The second-order valence-corrected chi connectivity index (χ2v) is 3.76. The van der Waals surface area contributed by atoms with Crippen LogP contribution in [0.1, 0.15) is 13.8 Å². The predicted molar refractivity (Wildman–Crippen MR) is 42.5 cm³/mol. The highest BCUT2D eigenvalue weighted by atomic mass is 19.3. The van der Waals surface area contributed by atoms with Gasteiger partial charge in [0, 0.05) is 0 Å². The summed E-state index contributed by atoms with van der Waals surface area (Å²) in [5.41, 5.74) is -1.39. The average molecular weight is 193 g/mol. The van der Waals surface area contributed by atoms with E-state index < -0.39 is 29.9 Å². The molecule has 1 aliphatic rings. The Morgan fingerprint density at radius 3 is 2.38 bits per heavy atom. The van der Waals surface area contributed by atoms with Gasteiger partial charge in [-0.2, -0.15) is 0 Å². The molecule has 1 N–H and O–H groups in total. The number of methoxy groups -OCH3 is 1. The Morgan fingerprint density at radius 2 is 2.08 bits per heavy atom. The highest BCUT2D eigenvalue weighted by molar-refractivity contribution is 5.77. The van der Waals surface area contributed by atoms with Gasteiger partial charge in [0.1, 0.15) is 6.04 Å². The van der Waals surface area contributed by atoms with E-state index in [0.717, 1.165) is 0 Å². The number of rotatable bonds is 1. The quantitative estimate of drug-likeness (QED) is 0.626. The third-order valence-corrected chi connectivity index (χ3v) is 2.63. The molecular formula is C8H13F2NO2. The van der Waals surface area contributed by atoms with Crippen LogP contribution in [0.25, 0.3) is 0 Å². The van der Waals surface area contributed by atoms with Crippen LogP contribution >= 0.6 is 0 Å². The van der Waals surface area contributed by atoms with Crippen LogP contribution in [0.15, 0.2) is 0 Å². The first-order chi connectivity index (χ1) is 5.83. The number of alkyl halides is 2. The lowest BCUT2D eigenvalue weighted by Gasteiger charge is -2.29. The fraction of sp³-hybridized carbons (Fsp3) is 0.875. The molecule has 0 saturated carbocycles. The molecule has 0 aromatic rings. The molecular weight excluding hydrogens is 180 g/mol. The van der Waals surface area contributed by atoms with Crippen LogP contribution in [0.3, 0.4) is 0 Å². The second kappa shape index (κ2) is 2.90. The van der Waals surface area contributed by atoms with Gasteiger partial charge in [0.15, 0.2) is 0 Å². The highest BCUT2D eigenvalue weighted by Crippen LogP contribution is 2.43. The summed E-state index contributed by atoms with van der Waals surface area (Å²) in [5, 5.41) is 2.46. The van der Waals surface area contributed by atoms with Gasteiger partial charge < -0.3 is 4.74 Å². The lowest BCUT2D eigenvalue weighted by atomic mass is 9.82. The molecule has 1 aliphatic heterocycles. The minimum absolute atomic E-state index is 0.472. The van der Waals surface area contributed by atoms with Crippen molar-refractivity contribution in [1.82, 2.24) is 5.32 Å². The Kier molecular flexibility index (Phi) is 2.32. The Morgan fingerprint density at radius 1 is 1.54 bits per heavy atom. The molecule has 5 heteroatoms. The summed E-state index contributed by atoms with van der Waals surface area (Å²) in [4.78, 5) is 11.1. The van der Waals surface area contributed by atoms with Gasteiger partial charge in [0.25, 0.3) is 5.92 Å². The number of hydrogen-bond acceptors (Lipinski definition) is 3. The number of hydrogen-bond donors (Lipinski definition) is 1. The maximum absolute atomic E-state index is 13.2. The number of carbonyl (C=O) groups is 1. The van der Waals surface area contributed by atoms with E-state index in [2.05, 4.69) is 10.1 Å². The van der Waals surface area contributed by atoms with E-state index in [9.17, 15) is 13.6 Å². The molecule has 1 rings (SSSR count). The molecule has 1 atom stereocenters. The molecule has 1 saturated heterocycles. The lowest BCUT2D eigenvalue weighted by Crippen LogP contribution is -2.45. The Hall–Kier alpha value is -0.710. The Labute approximate surface area is 75.4 Å². The van der Waals surface area contributed by atoms with Crippen LogP contribution in [0.2, 0.25) is 0 Å². The maximum atomic E-state index is 13.2. The van der Waals surface area contributed by atoms with Gasteiger partial charge in [-0.1, -0.05) is 13.8 Å². The van der Waals surface area contributed by atoms with Crippen molar-refractivity contribution in [3.8, 4) is 0 Å². The summed E-state index contributed by atoms with van der Waals surface area (Å²) < 4.78 is 30.8. The van der Waals surface area contributed by atoms with E-state index >= 15 is 0 Å². The molecule has 13 heavy (non-hydrogen) atoms. The van der Waals surface area contributed by atoms with Gasteiger partial charge in [-0.05, 0) is 0 Å². The van der Waals surface area contributed by atoms with Crippen molar-refractivity contribution in [1.29, 1.82) is 0 Å². The van der Waals surface area contributed by atoms with E-state index in [1.54, 1.807) is 0 Å². The lowest BCUT2D eigenvalue weighted by molar-refractivity contribution is -0.150. The first-order valence-corrected chi connectivity index (χ1v) is 4.02. The molecule has 0 bridgehead atoms. The predicted octanol–water partition coefficient (Wildman–Crippen LogP) is 0.793. The van der Waals surface area contributed by atoms with Gasteiger partial charge >= 0.3 is 5.97 Å². The summed E-state index contributed by atoms with van der Waals surface area (Å²) in [5.74, 6) is -3.51. The maximum Gasteiger partial charge on any atom is 0.323 e. The summed E-state index contributed by atoms with van der Waals surface area (Å²) in [6.45, 7) is 2.24. The fourth-order valence-corrected chi connectivity index (χ4v) is 1.42. The SMILES string of the molecule is COC(=O)[C@H]1NCC(F)(F)C1(C)C. The van der Waals surface area contributed by atoms with Crippen molar-refractivity contribution in [2.75, 3.05) is 13.7 Å². The Balaban J connectivity index is 2.88. The van der Waals surface area contributed by atoms with Crippen LogP contribution in [0.5, 0.6) is 0 Å². The monoisotopic (exact) mass is 193 g/mol. The number of esters is 1. The van der Waals surface area contributed by atoms with Crippen LogP contribution in [-0.4, -0.2) is 31.6 Å². The standard InChI is InChI=1S/C8H13F2NO2/c1-7(2)5(6(12)13-3)11-4-8(7,9)10/h5,11H,4H2,1-3H3/t5-/m1/s1. The summed E-state index contributed by atoms with van der Waals surface area (Å²) in [7, 11) is 1.19. The van der Waals surface area contributed by atoms with Crippen molar-refractivity contribution in [3.05, 3.63) is 0 Å². The number of halogens is 2. The zero-order valence-electron chi connectivity index (χ0n) is 7.86. The first-order valence-electron chi connectivity index (χ1n) is 4.02. The van der Waals surface area contributed by atoms with Gasteiger partial charge in [-0.3, -0.25) is 10.1 Å². The van der Waals surface area contributed by atoms with Crippen molar-refractivity contribution in [2.24, 2.45) is 5.41 Å². The zero-order chi connectivity index (χ0) is 10.3. The van der Waals surface area contributed by atoms with Crippen LogP contribution in [0, 0.1) is 5.41 Å². The molecule has 0 amide bonds. The largest absolute Gasteiger partial charge is 0.468 e. The molecule has 0 aromatic heterocycles. The zero-order valence-corrected chi connectivity index (χ0v) is 7.86. The molecule has 0 radical (unpaired) electrons. The van der Waals surface area contributed by atoms with Crippen LogP contribution in [-0.2, 0) is 9.53 Å². The van der Waals surface area contributed by atoms with Crippen LogP contribution in [0.4, 0.5) is 8.78 Å². The van der Waals surface area contributed by atoms with Gasteiger partial charge in [-0.15, -0.1) is 0 Å². The summed E-state index contributed by atoms with van der Waals surface area (Å²) in [6.07, 6.45) is 0. The van der Waals surface area contributed by atoms with E-state index in [0.29, 0.717) is 0 Å². The van der Waals surface area contributed by atoms with E-state index in [1.165, 1.54) is 21.0 Å². The fourth-order valence-electron chi connectivity index (χ4n) is 1.42. The van der Waals surface area contributed by atoms with Crippen LogP contribution < -0.4 is 5.32 Å². The smallest absolute Gasteiger partial charge is 0.323 e. The highest BCUT2D eigenvalue weighted by Gasteiger charge is 2.59. The molecule has 1 fully saturated rings. The number of carbonyl (C=O) groups excluding carboxylic acids is 1. The van der Waals surface area contributed by atoms with Gasteiger partial charge in [0.2, 0.25) is 0 Å². The summed E-state index contributed by atoms with van der Waals surface area (Å²) in [6, 6.07) is -0.924. The number of nitrogens with one attached hydrogen (secondary N) is 1. The minimum Gasteiger partial charge on any atom is -0.468 e. The van der Waals surface area contributed by atoms with E-state index in [-0.39, 0.29) is 0 Å².